The fraction of sp³-hybridized carbons (Fsp3) is 0.562. The summed E-state index contributed by atoms with van der Waals surface area (Å²) in [5.74, 6) is -0.721. The van der Waals surface area contributed by atoms with E-state index in [1.807, 2.05) is 0 Å². The molecule has 2 atom stereocenters. The smallest absolute Gasteiger partial charge is 0.337 e. The zero-order chi connectivity index (χ0) is 15.0. The van der Waals surface area contributed by atoms with Gasteiger partial charge in [-0.25, -0.2) is 4.79 Å². The highest BCUT2D eigenvalue weighted by Gasteiger charge is 2.43. The first-order valence-electron chi connectivity index (χ1n) is 7.60. The number of carboxylic acid groups (broad SMARTS) is 1. The molecule has 1 saturated heterocycles. The van der Waals surface area contributed by atoms with Crippen LogP contribution in [0.15, 0.2) is 18.2 Å². The van der Waals surface area contributed by atoms with E-state index in [4.69, 9.17) is 5.73 Å². The van der Waals surface area contributed by atoms with Crippen LogP contribution in [0, 0.1) is 5.92 Å². The van der Waals surface area contributed by atoms with Crippen LogP contribution in [0.1, 0.15) is 42.5 Å². The standard InChI is InChI=1S/C16H22N2O3/c17-12-4-5-14(13(9-12)15(19)20)18-8-7-16(21)6-2-1-3-11(16)10-18/h4-5,9,11,21H,1-3,6-8,10,17H2,(H,19,20). The van der Waals surface area contributed by atoms with Gasteiger partial charge in [0.25, 0.3) is 0 Å². The van der Waals surface area contributed by atoms with Crippen LogP contribution in [0.2, 0.25) is 0 Å². The Labute approximate surface area is 124 Å². The number of hydrogen-bond donors (Lipinski definition) is 3. The fourth-order valence-corrected chi connectivity index (χ4v) is 3.79. The second kappa shape index (κ2) is 5.22. The van der Waals surface area contributed by atoms with Gasteiger partial charge in [0.15, 0.2) is 0 Å². The molecule has 1 aliphatic heterocycles. The van der Waals surface area contributed by atoms with Crippen LogP contribution in [0.25, 0.3) is 0 Å². The number of nitrogens with zero attached hydrogens (tertiary/aromatic N) is 1. The van der Waals surface area contributed by atoms with Gasteiger partial charge in [0.2, 0.25) is 0 Å². The predicted octanol–water partition coefficient (Wildman–Crippen LogP) is 2.10. The molecule has 1 aromatic carbocycles. The summed E-state index contributed by atoms with van der Waals surface area (Å²) in [6.45, 7) is 1.41. The lowest BCUT2D eigenvalue weighted by atomic mass is 9.71. The van der Waals surface area contributed by atoms with Gasteiger partial charge in [-0.3, -0.25) is 0 Å². The van der Waals surface area contributed by atoms with Crippen molar-refractivity contribution in [3.8, 4) is 0 Å². The highest BCUT2D eigenvalue weighted by atomic mass is 16.4. The number of nitrogen functional groups attached to an aromatic ring is 1. The van der Waals surface area contributed by atoms with E-state index >= 15 is 0 Å². The summed E-state index contributed by atoms with van der Waals surface area (Å²) in [6, 6.07) is 5.04. The van der Waals surface area contributed by atoms with Crippen LogP contribution in [0.5, 0.6) is 0 Å². The molecule has 1 heterocycles. The van der Waals surface area contributed by atoms with Crippen LogP contribution in [-0.2, 0) is 0 Å². The Morgan fingerprint density at radius 2 is 2.14 bits per heavy atom. The normalized spacial score (nSPS) is 29.0. The Kier molecular flexibility index (Phi) is 3.53. The number of anilines is 2. The number of piperidine rings is 1. The van der Waals surface area contributed by atoms with Crippen LogP contribution in [0.4, 0.5) is 11.4 Å². The molecule has 1 aromatic rings. The first-order valence-corrected chi connectivity index (χ1v) is 7.60. The summed E-state index contributed by atoms with van der Waals surface area (Å²) in [5, 5.41) is 20.1. The molecule has 0 aromatic heterocycles. The molecule has 2 aliphatic rings. The van der Waals surface area contributed by atoms with Crippen LogP contribution in [0.3, 0.4) is 0 Å². The molecule has 2 unspecified atom stereocenters. The van der Waals surface area contributed by atoms with Crippen LogP contribution in [-0.4, -0.2) is 34.9 Å². The third-order valence-corrected chi connectivity index (χ3v) is 5.02. The largest absolute Gasteiger partial charge is 0.478 e. The Hall–Kier alpha value is -1.75. The van der Waals surface area contributed by atoms with E-state index < -0.39 is 11.6 Å². The maximum Gasteiger partial charge on any atom is 0.337 e. The van der Waals surface area contributed by atoms with Gasteiger partial charge in [0.1, 0.15) is 0 Å². The average Bonchev–Trinajstić information content (AvgIpc) is 2.46. The van der Waals surface area contributed by atoms with Crippen molar-refractivity contribution in [1.29, 1.82) is 0 Å². The van der Waals surface area contributed by atoms with Gasteiger partial charge in [-0.1, -0.05) is 12.8 Å². The lowest BCUT2D eigenvalue weighted by Gasteiger charge is -2.48. The van der Waals surface area contributed by atoms with Gasteiger partial charge < -0.3 is 20.8 Å². The van der Waals surface area contributed by atoms with Crippen molar-refractivity contribution < 1.29 is 15.0 Å². The molecular formula is C16H22N2O3. The number of aromatic carboxylic acids is 1. The molecule has 0 bridgehead atoms. The Balaban J connectivity index is 1.87. The van der Waals surface area contributed by atoms with Gasteiger partial charge in [-0.05, 0) is 37.5 Å². The van der Waals surface area contributed by atoms with E-state index in [0.717, 1.165) is 32.2 Å². The Morgan fingerprint density at radius 1 is 1.33 bits per heavy atom. The lowest BCUT2D eigenvalue weighted by Crippen LogP contribution is -2.53. The van der Waals surface area contributed by atoms with Gasteiger partial charge in [0, 0.05) is 24.7 Å². The van der Waals surface area contributed by atoms with Crippen molar-refractivity contribution in [1.82, 2.24) is 0 Å². The highest BCUT2D eigenvalue weighted by Crippen LogP contribution is 2.41. The minimum Gasteiger partial charge on any atom is -0.478 e. The molecule has 0 amide bonds. The molecule has 5 nitrogen and oxygen atoms in total. The molecule has 114 valence electrons. The predicted molar refractivity (Wildman–Crippen MR) is 81.6 cm³/mol. The summed E-state index contributed by atoms with van der Waals surface area (Å²) in [4.78, 5) is 13.5. The third kappa shape index (κ3) is 2.58. The Bertz CT molecular complexity index is 560. The second-order valence-corrected chi connectivity index (χ2v) is 6.32. The summed E-state index contributed by atoms with van der Waals surface area (Å²) in [6.07, 6.45) is 4.84. The summed E-state index contributed by atoms with van der Waals surface area (Å²) < 4.78 is 0. The van der Waals surface area contributed by atoms with E-state index in [-0.39, 0.29) is 11.5 Å². The van der Waals surface area contributed by atoms with Crippen molar-refractivity contribution in [3.05, 3.63) is 23.8 Å². The van der Waals surface area contributed by atoms with E-state index in [0.29, 0.717) is 24.3 Å². The van der Waals surface area contributed by atoms with Gasteiger partial charge in [0.05, 0.1) is 16.9 Å². The summed E-state index contributed by atoms with van der Waals surface area (Å²) >= 11 is 0. The first-order chi connectivity index (χ1) is 9.99. The second-order valence-electron chi connectivity index (χ2n) is 6.32. The van der Waals surface area contributed by atoms with Crippen molar-refractivity contribution in [2.45, 2.75) is 37.7 Å². The summed E-state index contributed by atoms with van der Waals surface area (Å²) in [7, 11) is 0. The number of carboxylic acids is 1. The number of fused-ring (bicyclic) bond motifs is 1. The van der Waals surface area contributed by atoms with Crippen molar-refractivity contribution in [2.75, 3.05) is 23.7 Å². The third-order valence-electron chi connectivity index (χ3n) is 5.02. The first kappa shape index (κ1) is 14.2. The minimum atomic E-state index is -0.957. The molecule has 4 N–H and O–H groups in total. The van der Waals surface area contributed by atoms with Gasteiger partial charge >= 0.3 is 5.97 Å². The number of hydrogen-bond acceptors (Lipinski definition) is 4. The minimum absolute atomic E-state index is 0.235. The molecule has 1 saturated carbocycles. The van der Waals surface area contributed by atoms with E-state index in [2.05, 4.69) is 4.90 Å². The fourth-order valence-electron chi connectivity index (χ4n) is 3.79. The maximum absolute atomic E-state index is 11.4. The monoisotopic (exact) mass is 290 g/mol. The van der Waals surface area contributed by atoms with E-state index in [1.54, 1.807) is 12.1 Å². The number of aliphatic hydroxyl groups is 1. The van der Waals surface area contributed by atoms with E-state index in [1.165, 1.54) is 6.07 Å². The van der Waals surface area contributed by atoms with Crippen molar-refractivity contribution in [2.24, 2.45) is 5.92 Å². The molecule has 5 heteroatoms. The van der Waals surface area contributed by atoms with E-state index in [9.17, 15) is 15.0 Å². The zero-order valence-electron chi connectivity index (χ0n) is 12.1. The molecule has 0 spiro atoms. The molecule has 3 rings (SSSR count). The number of rotatable bonds is 2. The molecule has 1 aliphatic carbocycles. The molecular weight excluding hydrogens is 268 g/mol. The number of nitrogens with two attached hydrogens (primary N) is 1. The molecule has 21 heavy (non-hydrogen) atoms. The zero-order valence-corrected chi connectivity index (χ0v) is 12.1. The van der Waals surface area contributed by atoms with Crippen molar-refractivity contribution >= 4 is 17.3 Å². The lowest BCUT2D eigenvalue weighted by molar-refractivity contribution is -0.0612. The molecule has 2 fully saturated rings. The average molecular weight is 290 g/mol. The topological polar surface area (TPSA) is 86.8 Å². The molecule has 0 radical (unpaired) electrons. The number of benzene rings is 1. The van der Waals surface area contributed by atoms with Gasteiger partial charge in [-0.15, -0.1) is 0 Å². The quantitative estimate of drug-likeness (QED) is 0.726. The SMILES string of the molecule is Nc1ccc(N2CCC3(O)CCCCC3C2)c(C(=O)O)c1. The van der Waals surface area contributed by atoms with Crippen molar-refractivity contribution in [3.63, 3.8) is 0 Å². The van der Waals surface area contributed by atoms with Crippen LogP contribution < -0.4 is 10.6 Å². The van der Waals surface area contributed by atoms with Gasteiger partial charge in [-0.2, -0.15) is 0 Å². The Morgan fingerprint density at radius 3 is 2.90 bits per heavy atom. The highest BCUT2D eigenvalue weighted by molar-refractivity contribution is 5.95. The maximum atomic E-state index is 11.4. The number of carbonyl (C=O) groups is 1. The summed E-state index contributed by atoms with van der Waals surface area (Å²) in [5.41, 5.74) is 6.57. The van der Waals surface area contributed by atoms with Crippen LogP contribution >= 0.6 is 0 Å².